The topological polar surface area (TPSA) is 0 Å². The first-order valence-electron chi connectivity index (χ1n) is 11.8. The molecule has 174 valence electrons. The minimum atomic E-state index is -9.57. The minimum absolute atomic E-state index is 0.198. The number of benzene rings is 1. The Labute approximate surface area is 178 Å². The third kappa shape index (κ3) is 6.61. The summed E-state index contributed by atoms with van der Waals surface area (Å²) in [5.41, 5.74) is 0.773. The molecule has 2 fully saturated rings. The van der Waals surface area contributed by atoms with Crippen molar-refractivity contribution in [3.63, 3.8) is 0 Å². The quantitative estimate of drug-likeness (QED) is 0.272. The fourth-order valence-corrected chi connectivity index (χ4v) is 6.38. The number of hydrogen-bond donors (Lipinski definition) is 0. The first-order valence-corrected chi connectivity index (χ1v) is 13.8. The van der Waals surface area contributed by atoms with Crippen LogP contribution in [0.1, 0.15) is 102 Å². The second-order valence-electron chi connectivity index (χ2n) is 9.78. The van der Waals surface area contributed by atoms with Crippen molar-refractivity contribution in [3.05, 3.63) is 29.8 Å². The highest BCUT2D eigenvalue weighted by atomic mass is 32.5. The van der Waals surface area contributed by atoms with Crippen molar-refractivity contribution in [2.45, 2.75) is 101 Å². The molecule has 2 saturated carbocycles. The van der Waals surface area contributed by atoms with Gasteiger partial charge in [-0.25, -0.2) is 0 Å². The lowest BCUT2D eigenvalue weighted by molar-refractivity contribution is 0.155. The van der Waals surface area contributed by atoms with Crippen LogP contribution in [-0.2, 0) is 0 Å². The van der Waals surface area contributed by atoms with Crippen molar-refractivity contribution in [3.8, 4) is 0 Å². The van der Waals surface area contributed by atoms with Crippen LogP contribution in [0.2, 0.25) is 0 Å². The van der Waals surface area contributed by atoms with E-state index < -0.39 is 15.1 Å². The lowest BCUT2D eigenvalue weighted by Gasteiger charge is -2.41. The minimum Gasteiger partial charge on any atom is -0.0936 e. The molecule has 0 radical (unpaired) electrons. The molecule has 0 heterocycles. The van der Waals surface area contributed by atoms with Gasteiger partial charge in [0.05, 0.1) is 0 Å². The van der Waals surface area contributed by atoms with Crippen molar-refractivity contribution < 1.29 is 19.4 Å². The maximum Gasteiger partial charge on any atom is 0.310 e. The summed E-state index contributed by atoms with van der Waals surface area (Å²) in [5, 5.41) is 0. The molecular weight excluding hydrogens is 415 g/mol. The Morgan fingerprint density at radius 3 is 1.73 bits per heavy atom. The van der Waals surface area contributed by atoms with Gasteiger partial charge in [0.2, 0.25) is 0 Å². The van der Waals surface area contributed by atoms with Crippen LogP contribution in [0.5, 0.6) is 0 Å². The van der Waals surface area contributed by atoms with Gasteiger partial charge in [-0.05, 0) is 79.9 Å². The zero-order valence-corrected chi connectivity index (χ0v) is 18.9. The third-order valence-electron chi connectivity index (χ3n) is 7.59. The Bertz CT molecular complexity index is 666. The average molecular weight is 453 g/mol. The van der Waals surface area contributed by atoms with Crippen molar-refractivity contribution in [1.29, 1.82) is 0 Å². The molecule has 1 aromatic carbocycles. The smallest absolute Gasteiger partial charge is 0.0936 e. The van der Waals surface area contributed by atoms with Gasteiger partial charge in [0.25, 0.3) is 0 Å². The van der Waals surface area contributed by atoms with E-state index in [0.29, 0.717) is 12.1 Å². The van der Waals surface area contributed by atoms with Gasteiger partial charge >= 0.3 is 10.2 Å². The van der Waals surface area contributed by atoms with Crippen LogP contribution in [-0.4, -0.2) is 0 Å². The predicted molar refractivity (Wildman–Crippen MR) is 117 cm³/mol. The van der Waals surface area contributed by atoms with Crippen molar-refractivity contribution >= 4 is 10.2 Å². The molecule has 0 bridgehead atoms. The fraction of sp³-hybridized carbons (Fsp3) is 0.750. The molecule has 1 aromatic rings. The molecule has 6 heteroatoms. The summed E-state index contributed by atoms with van der Waals surface area (Å²) < 4.78 is 64.5. The van der Waals surface area contributed by atoms with Crippen LogP contribution in [0.25, 0.3) is 0 Å². The Morgan fingerprint density at radius 2 is 1.23 bits per heavy atom. The van der Waals surface area contributed by atoms with Gasteiger partial charge in [-0.2, -0.15) is 0 Å². The lowest BCUT2D eigenvalue weighted by atomic mass is 9.68. The van der Waals surface area contributed by atoms with Gasteiger partial charge in [0, 0.05) is 0 Å². The SMILES string of the molecule is CCCCCCC1CCC(C2CCC(c3ccc(S(F)(F)(F)(F)F)cc3)CC2)CC1. The molecule has 3 rings (SSSR count). The van der Waals surface area contributed by atoms with Crippen molar-refractivity contribution in [2.75, 3.05) is 0 Å². The highest BCUT2D eigenvalue weighted by Gasteiger charge is 2.65. The second kappa shape index (κ2) is 8.63. The molecule has 0 atom stereocenters. The van der Waals surface area contributed by atoms with Gasteiger partial charge < -0.3 is 0 Å². The second-order valence-corrected chi connectivity index (χ2v) is 12.2. The maximum absolute atomic E-state index is 12.9. The number of halogens is 5. The summed E-state index contributed by atoms with van der Waals surface area (Å²) in [7, 11) is -9.57. The molecule has 2 aliphatic rings. The average Bonchev–Trinajstić information content (AvgIpc) is 2.70. The van der Waals surface area contributed by atoms with Crippen LogP contribution in [0, 0.1) is 17.8 Å². The van der Waals surface area contributed by atoms with Crippen LogP contribution in [0.15, 0.2) is 29.2 Å². The molecule has 0 unspecified atom stereocenters. The highest BCUT2D eigenvalue weighted by molar-refractivity contribution is 8.45. The van der Waals surface area contributed by atoms with Crippen molar-refractivity contribution in [2.24, 2.45) is 17.8 Å². The number of unbranched alkanes of at least 4 members (excludes halogenated alkanes) is 3. The van der Waals surface area contributed by atoms with Crippen LogP contribution in [0.4, 0.5) is 19.4 Å². The molecule has 30 heavy (non-hydrogen) atoms. The Hall–Kier alpha value is -0.780. The largest absolute Gasteiger partial charge is 0.310 e. The zero-order valence-electron chi connectivity index (χ0n) is 18.1. The highest BCUT2D eigenvalue weighted by Crippen LogP contribution is 3.02. The molecule has 0 nitrogen and oxygen atoms in total. The predicted octanol–water partition coefficient (Wildman–Crippen LogP) is 10.4. The monoisotopic (exact) mass is 452 g/mol. The fourth-order valence-electron chi connectivity index (χ4n) is 5.73. The molecule has 0 aromatic heterocycles. The van der Waals surface area contributed by atoms with E-state index in [4.69, 9.17) is 0 Å². The third-order valence-corrected chi connectivity index (χ3v) is 8.76. The van der Waals surface area contributed by atoms with E-state index >= 15 is 0 Å². The van der Waals surface area contributed by atoms with E-state index in [1.165, 1.54) is 69.9 Å². The van der Waals surface area contributed by atoms with E-state index in [2.05, 4.69) is 6.92 Å². The molecule has 2 aliphatic carbocycles. The summed E-state index contributed by atoms with van der Waals surface area (Å²) in [4.78, 5) is -1.78. The van der Waals surface area contributed by atoms with Gasteiger partial charge in [-0.1, -0.05) is 83.4 Å². The van der Waals surface area contributed by atoms with Gasteiger partial charge in [0.15, 0.2) is 0 Å². The molecular formula is C24H37F5S. The molecule has 0 amide bonds. The molecule has 0 aliphatic heterocycles. The van der Waals surface area contributed by atoms with Crippen LogP contribution in [0.3, 0.4) is 0 Å². The van der Waals surface area contributed by atoms with E-state index in [1.54, 1.807) is 0 Å². The maximum atomic E-state index is 12.9. The van der Waals surface area contributed by atoms with Gasteiger partial charge in [-0.15, -0.1) is 0 Å². The summed E-state index contributed by atoms with van der Waals surface area (Å²) in [5.74, 6) is 2.63. The van der Waals surface area contributed by atoms with E-state index in [9.17, 15) is 19.4 Å². The zero-order chi connectivity index (χ0) is 21.9. The molecule has 0 spiro atoms. The van der Waals surface area contributed by atoms with E-state index in [1.807, 2.05) is 0 Å². The summed E-state index contributed by atoms with van der Waals surface area (Å²) in [6, 6.07) is 3.68. The Morgan fingerprint density at radius 1 is 0.700 bits per heavy atom. The molecule has 0 N–H and O–H groups in total. The number of hydrogen-bond acceptors (Lipinski definition) is 0. The Kier molecular flexibility index (Phi) is 6.87. The standard InChI is InChI=1S/C24H37F5S/c1-2-3-4-5-6-19-7-9-20(10-8-19)21-11-13-22(14-12-21)23-15-17-24(18-16-23)30(25,26,27,28)29/h15-22H,2-14H2,1H3. The number of rotatable bonds is 8. The molecule has 0 saturated heterocycles. The summed E-state index contributed by atoms with van der Waals surface area (Å²) >= 11 is 0. The van der Waals surface area contributed by atoms with Crippen molar-refractivity contribution in [1.82, 2.24) is 0 Å². The van der Waals surface area contributed by atoms with Crippen LogP contribution < -0.4 is 0 Å². The first kappa shape index (κ1) is 23.9. The lowest BCUT2D eigenvalue weighted by Crippen LogP contribution is -2.25. The van der Waals surface area contributed by atoms with Gasteiger partial charge in [0.1, 0.15) is 4.90 Å². The van der Waals surface area contributed by atoms with E-state index in [0.717, 1.165) is 49.0 Å². The van der Waals surface area contributed by atoms with E-state index in [-0.39, 0.29) is 5.92 Å². The van der Waals surface area contributed by atoms with Gasteiger partial charge in [-0.3, -0.25) is 0 Å². The summed E-state index contributed by atoms with van der Waals surface area (Å²) in [6.45, 7) is 2.25. The first-order chi connectivity index (χ1) is 14.0. The normalized spacial score (nSPS) is 30.5. The Balaban J connectivity index is 1.45. The van der Waals surface area contributed by atoms with Crippen LogP contribution >= 0.6 is 10.2 Å². The summed E-state index contributed by atoms with van der Waals surface area (Å²) in [6.07, 6.45) is 16.2.